The van der Waals surface area contributed by atoms with Crippen molar-refractivity contribution < 1.29 is 9.18 Å². The molecule has 0 fully saturated rings. The summed E-state index contributed by atoms with van der Waals surface area (Å²) in [6, 6.07) is 8.17. The Morgan fingerprint density at radius 3 is 2.96 bits per heavy atom. The summed E-state index contributed by atoms with van der Waals surface area (Å²) in [5.74, 6) is -0.440. The van der Waals surface area contributed by atoms with Gasteiger partial charge in [0.25, 0.3) is 5.91 Å². The lowest BCUT2D eigenvalue weighted by Gasteiger charge is -2.15. The summed E-state index contributed by atoms with van der Waals surface area (Å²) < 4.78 is 15.2. The minimum absolute atomic E-state index is 0.125. The molecule has 0 aliphatic carbocycles. The number of halogens is 1. The summed E-state index contributed by atoms with van der Waals surface area (Å²) in [5.41, 5.74) is 3.59. The SMILES string of the molecule is Cc1cc(CN(C)C(=O)c2csc3nc(-c4cccc(F)c4)cn23)n[nH]1. The molecule has 0 aliphatic rings. The summed E-state index contributed by atoms with van der Waals surface area (Å²) in [4.78, 5) is 19.6. The van der Waals surface area contributed by atoms with Gasteiger partial charge in [-0.05, 0) is 25.1 Å². The van der Waals surface area contributed by atoms with Crippen molar-refractivity contribution in [1.82, 2.24) is 24.5 Å². The van der Waals surface area contributed by atoms with E-state index >= 15 is 0 Å². The fourth-order valence-corrected chi connectivity index (χ4v) is 3.64. The van der Waals surface area contributed by atoms with Crippen molar-refractivity contribution in [3.63, 3.8) is 0 Å². The van der Waals surface area contributed by atoms with E-state index in [1.54, 1.807) is 40.1 Å². The number of aromatic amines is 1. The number of aryl methyl sites for hydroxylation is 1. The van der Waals surface area contributed by atoms with Crippen LogP contribution in [0.1, 0.15) is 21.9 Å². The molecule has 6 nitrogen and oxygen atoms in total. The molecule has 0 aliphatic heterocycles. The Labute approximate surface area is 152 Å². The number of fused-ring (bicyclic) bond motifs is 1. The number of benzene rings is 1. The van der Waals surface area contributed by atoms with Crippen LogP contribution in [0.15, 0.2) is 41.9 Å². The van der Waals surface area contributed by atoms with Gasteiger partial charge in [0.15, 0.2) is 4.96 Å². The fourth-order valence-electron chi connectivity index (χ4n) is 2.79. The number of carbonyl (C=O) groups is 1. The van der Waals surface area contributed by atoms with E-state index in [0.29, 0.717) is 28.5 Å². The first-order valence-corrected chi connectivity index (χ1v) is 8.88. The molecule has 1 aromatic carbocycles. The number of hydrogen-bond donors (Lipinski definition) is 1. The monoisotopic (exact) mass is 369 g/mol. The van der Waals surface area contributed by atoms with Crippen LogP contribution in [0.4, 0.5) is 4.39 Å². The van der Waals surface area contributed by atoms with Crippen LogP contribution >= 0.6 is 11.3 Å². The van der Waals surface area contributed by atoms with Crippen LogP contribution in [0.2, 0.25) is 0 Å². The van der Waals surface area contributed by atoms with Crippen molar-refractivity contribution in [2.24, 2.45) is 0 Å². The number of nitrogens with one attached hydrogen (secondary N) is 1. The minimum Gasteiger partial charge on any atom is -0.334 e. The van der Waals surface area contributed by atoms with Crippen LogP contribution in [-0.4, -0.2) is 37.4 Å². The second kappa shape index (κ2) is 6.38. The molecule has 8 heteroatoms. The van der Waals surface area contributed by atoms with Gasteiger partial charge in [0.1, 0.15) is 11.5 Å². The van der Waals surface area contributed by atoms with E-state index in [4.69, 9.17) is 0 Å². The topological polar surface area (TPSA) is 66.3 Å². The Hall–Kier alpha value is -3.00. The van der Waals surface area contributed by atoms with Gasteiger partial charge < -0.3 is 4.90 Å². The maximum Gasteiger partial charge on any atom is 0.271 e. The molecular weight excluding hydrogens is 353 g/mol. The molecular formula is C18H16FN5OS. The molecule has 1 amide bonds. The molecule has 26 heavy (non-hydrogen) atoms. The van der Waals surface area contributed by atoms with Gasteiger partial charge in [0, 0.05) is 29.9 Å². The van der Waals surface area contributed by atoms with E-state index in [0.717, 1.165) is 11.4 Å². The number of carbonyl (C=O) groups excluding carboxylic acids is 1. The van der Waals surface area contributed by atoms with E-state index in [2.05, 4.69) is 15.2 Å². The zero-order chi connectivity index (χ0) is 18.3. The third-order valence-electron chi connectivity index (χ3n) is 4.05. The van der Waals surface area contributed by atoms with Crippen LogP contribution in [0, 0.1) is 12.7 Å². The van der Waals surface area contributed by atoms with Crippen molar-refractivity contribution in [3.8, 4) is 11.3 Å². The largest absolute Gasteiger partial charge is 0.334 e. The van der Waals surface area contributed by atoms with Gasteiger partial charge in [-0.25, -0.2) is 9.37 Å². The average molecular weight is 369 g/mol. The van der Waals surface area contributed by atoms with Crippen LogP contribution < -0.4 is 0 Å². The van der Waals surface area contributed by atoms with E-state index < -0.39 is 0 Å². The highest BCUT2D eigenvalue weighted by Gasteiger charge is 2.19. The number of aromatic nitrogens is 4. The Balaban J connectivity index is 1.63. The molecule has 0 spiro atoms. The normalized spacial score (nSPS) is 11.2. The quantitative estimate of drug-likeness (QED) is 0.599. The number of amides is 1. The van der Waals surface area contributed by atoms with Gasteiger partial charge >= 0.3 is 0 Å². The third-order valence-corrected chi connectivity index (χ3v) is 4.89. The van der Waals surface area contributed by atoms with E-state index in [1.165, 1.54) is 23.5 Å². The highest BCUT2D eigenvalue weighted by molar-refractivity contribution is 7.15. The van der Waals surface area contributed by atoms with Crippen LogP contribution in [-0.2, 0) is 6.54 Å². The second-order valence-corrected chi connectivity index (χ2v) is 6.95. The number of imidazole rings is 1. The molecule has 0 unspecified atom stereocenters. The van der Waals surface area contributed by atoms with Crippen LogP contribution in [0.5, 0.6) is 0 Å². The average Bonchev–Trinajstić information content (AvgIpc) is 3.29. The number of nitrogens with zero attached hydrogens (tertiary/aromatic N) is 4. The van der Waals surface area contributed by atoms with Crippen molar-refractivity contribution in [3.05, 3.63) is 64.8 Å². The van der Waals surface area contributed by atoms with Gasteiger partial charge in [-0.15, -0.1) is 11.3 Å². The Morgan fingerprint density at radius 2 is 2.23 bits per heavy atom. The van der Waals surface area contributed by atoms with Gasteiger partial charge in [0.2, 0.25) is 0 Å². The maximum absolute atomic E-state index is 13.5. The lowest BCUT2D eigenvalue weighted by molar-refractivity contribution is 0.0777. The van der Waals surface area contributed by atoms with Crippen LogP contribution in [0.25, 0.3) is 16.2 Å². The second-order valence-electron chi connectivity index (χ2n) is 6.11. The van der Waals surface area contributed by atoms with Crippen molar-refractivity contribution in [2.45, 2.75) is 13.5 Å². The zero-order valence-electron chi connectivity index (χ0n) is 14.2. The molecule has 0 atom stereocenters. The van der Waals surface area contributed by atoms with Gasteiger partial charge in [0.05, 0.1) is 17.9 Å². The first-order chi connectivity index (χ1) is 12.5. The predicted octanol–water partition coefficient (Wildman–Crippen LogP) is 3.51. The number of H-pyrrole nitrogens is 1. The zero-order valence-corrected chi connectivity index (χ0v) is 15.0. The van der Waals surface area contributed by atoms with E-state index in [9.17, 15) is 9.18 Å². The van der Waals surface area contributed by atoms with Crippen LogP contribution in [0.3, 0.4) is 0 Å². The molecule has 3 aromatic heterocycles. The lowest BCUT2D eigenvalue weighted by Crippen LogP contribution is -2.27. The summed E-state index contributed by atoms with van der Waals surface area (Å²) in [6.45, 7) is 2.33. The number of hydrogen-bond acceptors (Lipinski definition) is 4. The summed E-state index contributed by atoms with van der Waals surface area (Å²) >= 11 is 1.38. The van der Waals surface area contributed by atoms with E-state index in [-0.39, 0.29) is 11.7 Å². The van der Waals surface area contributed by atoms with Gasteiger partial charge in [-0.1, -0.05) is 12.1 Å². The smallest absolute Gasteiger partial charge is 0.271 e. The molecule has 0 radical (unpaired) electrons. The van der Waals surface area contributed by atoms with Crippen molar-refractivity contribution in [1.29, 1.82) is 0 Å². The van der Waals surface area contributed by atoms with Gasteiger partial charge in [-0.3, -0.25) is 14.3 Å². The number of thiazole rings is 1. The highest BCUT2D eigenvalue weighted by Crippen LogP contribution is 2.25. The fraction of sp³-hybridized carbons (Fsp3) is 0.167. The van der Waals surface area contributed by atoms with Crippen molar-refractivity contribution in [2.75, 3.05) is 7.05 Å². The lowest BCUT2D eigenvalue weighted by atomic mass is 10.2. The summed E-state index contributed by atoms with van der Waals surface area (Å²) in [6.07, 6.45) is 1.76. The Bertz CT molecular complexity index is 1100. The molecule has 132 valence electrons. The first-order valence-electron chi connectivity index (χ1n) is 8.00. The first kappa shape index (κ1) is 16.5. The third kappa shape index (κ3) is 2.99. The van der Waals surface area contributed by atoms with Gasteiger partial charge in [-0.2, -0.15) is 5.10 Å². The number of rotatable bonds is 4. The summed E-state index contributed by atoms with van der Waals surface area (Å²) in [7, 11) is 1.74. The molecule has 4 aromatic rings. The molecule has 0 saturated heterocycles. The molecule has 1 N–H and O–H groups in total. The minimum atomic E-state index is -0.316. The molecule has 4 rings (SSSR count). The summed E-state index contributed by atoms with van der Waals surface area (Å²) in [5, 5.41) is 8.82. The maximum atomic E-state index is 13.5. The molecule has 3 heterocycles. The van der Waals surface area contributed by atoms with Crippen molar-refractivity contribution >= 4 is 22.2 Å². The highest BCUT2D eigenvalue weighted by atomic mass is 32.1. The predicted molar refractivity (Wildman–Crippen MR) is 97.6 cm³/mol. The van der Waals surface area contributed by atoms with E-state index in [1.807, 2.05) is 13.0 Å². The molecule has 0 bridgehead atoms. The molecule has 0 saturated carbocycles. The Morgan fingerprint density at radius 1 is 1.38 bits per heavy atom. The standard InChI is InChI=1S/C18H16FN5OS/c1-11-6-14(22-21-11)8-23(2)17(25)16-10-26-18-20-15(9-24(16)18)12-4-3-5-13(19)7-12/h3-7,9-10H,8H2,1-2H3,(H,21,22). The Kier molecular flexibility index (Phi) is 4.04.